The molecule has 102 valence electrons. The van der Waals surface area contributed by atoms with Gasteiger partial charge < -0.3 is 4.98 Å². The highest BCUT2D eigenvalue weighted by atomic mass is 35.5. The molecule has 3 aromatic rings. The monoisotopic (exact) mass is 303 g/mol. The van der Waals surface area contributed by atoms with Crippen molar-refractivity contribution in [2.75, 3.05) is 0 Å². The van der Waals surface area contributed by atoms with Crippen molar-refractivity contribution in [1.82, 2.24) is 14.5 Å². The number of nitrogens with zero attached hydrogens (tertiary/aromatic N) is 2. The van der Waals surface area contributed by atoms with E-state index in [1.54, 1.807) is 6.20 Å². The van der Waals surface area contributed by atoms with Gasteiger partial charge in [0.1, 0.15) is 0 Å². The molecule has 0 bridgehead atoms. The number of nitrogens with one attached hydrogen (secondary N) is 1. The summed E-state index contributed by atoms with van der Waals surface area (Å²) in [5.41, 5.74) is 4.13. The molecule has 0 saturated heterocycles. The summed E-state index contributed by atoms with van der Waals surface area (Å²) >= 11 is 11.4. The lowest BCUT2D eigenvalue weighted by molar-refractivity contribution is 0.644. The first kappa shape index (κ1) is 13.3. The SMILES string of the molecule is Cc1ccc(C(C)n2c(=S)[nH]c3cc(Cl)cnc32)cc1. The minimum absolute atomic E-state index is 0.116. The Bertz CT molecular complexity index is 817. The summed E-state index contributed by atoms with van der Waals surface area (Å²) in [6.07, 6.45) is 1.64. The largest absolute Gasteiger partial charge is 0.329 e. The molecule has 1 atom stereocenters. The van der Waals surface area contributed by atoms with Gasteiger partial charge in [0.2, 0.25) is 0 Å². The van der Waals surface area contributed by atoms with Crippen LogP contribution in [0.3, 0.4) is 0 Å². The fourth-order valence-corrected chi connectivity index (χ4v) is 2.85. The third kappa shape index (κ3) is 2.25. The average Bonchev–Trinajstić information content (AvgIpc) is 2.73. The Balaban J connectivity index is 2.16. The first-order valence-corrected chi connectivity index (χ1v) is 7.17. The molecule has 0 fully saturated rings. The van der Waals surface area contributed by atoms with E-state index < -0.39 is 0 Å². The van der Waals surface area contributed by atoms with Crippen LogP contribution < -0.4 is 0 Å². The minimum Gasteiger partial charge on any atom is -0.329 e. The first-order chi connectivity index (χ1) is 9.56. The Morgan fingerprint density at radius 2 is 2.00 bits per heavy atom. The van der Waals surface area contributed by atoms with Crippen LogP contribution in [0.2, 0.25) is 5.02 Å². The number of aromatic amines is 1. The zero-order chi connectivity index (χ0) is 14.3. The molecule has 1 aromatic carbocycles. The number of aromatic nitrogens is 3. The highest BCUT2D eigenvalue weighted by molar-refractivity contribution is 7.71. The zero-order valence-electron chi connectivity index (χ0n) is 11.2. The van der Waals surface area contributed by atoms with E-state index in [4.69, 9.17) is 23.8 Å². The molecule has 0 saturated carbocycles. The van der Waals surface area contributed by atoms with Crippen LogP contribution >= 0.6 is 23.8 Å². The molecule has 3 rings (SSSR count). The second kappa shape index (κ2) is 5.04. The summed E-state index contributed by atoms with van der Waals surface area (Å²) in [5, 5.41) is 0.601. The maximum atomic E-state index is 5.97. The van der Waals surface area contributed by atoms with Gasteiger partial charge in [-0.05, 0) is 37.7 Å². The lowest BCUT2D eigenvalue weighted by atomic mass is 10.1. The third-order valence-corrected chi connectivity index (χ3v) is 3.97. The number of aryl methyl sites for hydroxylation is 1. The molecule has 2 aromatic heterocycles. The molecule has 2 heterocycles. The van der Waals surface area contributed by atoms with Crippen molar-refractivity contribution >= 4 is 35.0 Å². The van der Waals surface area contributed by atoms with Crippen molar-refractivity contribution in [3.63, 3.8) is 0 Å². The fourth-order valence-electron chi connectivity index (χ4n) is 2.34. The molecule has 0 radical (unpaired) electrons. The average molecular weight is 304 g/mol. The predicted molar refractivity (Wildman–Crippen MR) is 84.9 cm³/mol. The van der Waals surface area contributed by atoms with Crippen molar-refractivity contribution in [3.8, 4) is 0 Å². The van der Waals surface area contributed by atoms with Crippen LogP contribution in [0.15, 0.2) is 36.5 Å². The highest BCUT2D eigenvalue weighted by Crippen LogP contribution is 2.24. The summed E-state index contributed by atoms with van der Waals surface area (Å²) in [5.74, 6) is 0. The quantitative estimate of drug-likeness (QED) is 0.698. The van der Waals surface area contributed by atoms with Gasteiger partial charge in [-0.25, -0.2) is 4.98 Å². The van der Waals surface area contributed by atoms with Gasteiger partial charge in [-0.2, -0.15) is 0 Å². The van der Waals surface area contributed by atoms with E-state index in [1.807, 2.05) is 10.6 Å². The van der Waals surface area contributed by atoms with Crippen molar-refractivity contribution in [3.05, 3.63) is 57.4 Å². The zero-order valence-corrected chi connectivity index (χ0v) is 12.8. The molecule has 0 aliphatic carbocycles. The summed E-state index contributed by atoms with van der Waals surface area (Å²) in [6, 6.07) is 10.4. The summed E-state index contributed by atoms with van der Waals surface area (Å²) in [4.78, 5) is 7.56. The van der Waals surface area contributed by atoms with Gasteiger partial charge in [-0.15, -0.1) is 0 Å². The molecule has 0 amide bonds. The normalized spacial score (nSPS) is 12.8. The third-order valence-electron chi connectivity index (χ3n) is 3.47. The van der Waals surface area contributed by atoms with E-state index in [-0.39, 0.29) is 6.04 Å². The van der Waals surface area contributed by atoms with E-state index in [2.05, 4.69) is 48.1 Å². The molecule has 0 aliphatic heterocycles. The minimum atomic E-state index is 0.116. The van der Waals surface area contributed by atoms with Gasteiger partial charge in [0.25, 0.3) is 0 Å². The van der Waals surface area contributed by atoms with Gasteiger partial charge in [-0.3, -0.25) is 4.57 Å². The maximum absolute atomic E-state index is 5.97. The van der Waals surface area contributed by atoms with Gasteiger partial charge in [0.15, 0.2) is 10.4 Å². The Morgan fingerprint density at radius 3 is 2.70 bits per heavy atom. The Kier molecular flexibility index (Phi) is 3.36. The topological polar surface area (TPSA) is 33.6 Å². The van der Waals surface area contributed by atoms with Crippen LogP contribution in [0, 0.1) is 11.7 Å². The van der Waals surface area contributed by atoms with Gasteiger partial charge >= 0.3 is 0 Å². The number of benzene rings is 1. The van der Waals surface area contributed by atoms with E-state index >= 15 is 0 Å². The standard InChI is InChI=1S/C15H14ClN3S/c1-9-3-5-11(6-4-9)10(2)19-14-13(18-15(19)20)7-12(16)8-17-14/h3-8,10H,1-2H3,(H,18,20). The van der Waals surface area contributed by atoms with Crippen molar-refractivity contribution in [1.29, 1.82) is 0 Å². The van der Waals surface area contributed by atoms with Crippen molar-refractivity contribution in [2.45, 2.75) is 19.9 Å². The van der Waals surface area contributed by atoms with Crippen LogP contribution in [0.5, 0.6) is 0 Å². The van der Waals surface area contributed by atoms with E-state index in [0.29, 0.717) is 9.79 Å². The maximum Gasteiger partial charge on any atom is 0.179 e. The number of hydrogen-bond acceptors (Lipinski definition) is 2. The predicted octanol–water partition coefficient (Wildman–Crippen LogP) is 4.67. The Hall–Kier alpha value is -1.65. The molecule has 5 heteroatoms. The molecule has 0 spiro atoms. The number of fused-ring (bicyclic) bond motifs is 1. The molecule has 1 unspecified atom stereocenters. The summed E-state index contributed by atoms with van der Waals surface area (Å²) in [6.45, 7) is 4.19. The second-order valence-corrected chi connectivity index (χ2v) is 5.73. The van der Waals surface area contributed by atoms with Crippen LogP contribution in [-0.4, -0.2) is 14.5 Å². The van der Waals surface area contributed by atoms with E-state index in [0.717, 1.165) is 11.2 Å². The second-order valence-electron chi connectivity index (χ2n) is 4.91. The molecule has 1 N–H and O–H groups in total. The molecule has 3 nitrogen and oxygen atoms in total. The number of hydrogen-bond donors (Lipinski definition) is 1. The molecular weight excluding hydrogens is 290 g/mol. The van der Waals surface area contributed by atoms with E-state index in [1.165, 1.54) is 11.1 Å². The molecular formula is C15H14ClN3S. The van der Waals surface area contributed by atoms with Gasteiger partial charge in [-0.1, -0.05) is 41.4 Å². The number of pyridine rings is 1. The molecule has 20 heavy (non-hydrogen) atoms. The number of imidazole rings is 1. The lowest BCUT2D eigenvalue weighted by Crippen LogP contribution is -2.07. The number of rotatable bonds is 2. The fraction of sp³-hybridized carbons (Fsp3) is 0.200. The van der Waals surface area contributed by atoms with E-state index in [9.17, 15) is 0 Å². The van der Waals surface area contributed by atoms with Crippen LogP contribution in [0.4, 0.5) is 0 Å². The first-order valence-electron chi connectivity index (χ1n) is 6.38. The summed E-state index contributed by atoms with van der Waals surface area (Å²) in [7, 11) is 0. The lowest BCUT2D eigenvalue weighted by Gasteiger charge is -2.14. The number of halogens is 1. The Labute approximate surface area is 127 Å². The van der Waals surface area contributed by atoms with Crippen molar-refractivity contribution in [2.24, 2.45) is 0 Å². The van der Waals surface area contributed by atoms with Crippen LogP contribution in [0.1, 0.15) is 24.1 Å². The highest BCUT2D eigenvalue weighted by Gasteiger charge is 2.14. The van der Waals surface area contributed by atoms with Crippen LogP contribution in [-0.2, 0) is 0 Å². The van der Waals surface area contributed by atoms with Gasteiger partial charge in [0, 0.05) is 6.20 Å². The van der Waals surface area contributed by atoms with Gasteiger partial charge in [0.05, 0.1) is 16.6 Å². The Morgan fingerprint density at radius 1 is 1.30 bits per heavy atom. The van der Waals surface area contributed by atoms with Crippen molar-refractivity contribution < 1.29 is 0 Å². The van der Waals surface area contributed by atoms with Crippen LogP contribution in [0.25, 0.3) is 11.2 Å². The smallest absolute Gasteiger partial charge is 0.179 e. The number of H-pyrrole nitrogens is 1. The molecule has 0 aliphatic rings. The summed E-state index contributed by atoms with van der Waals surface area (Å²) < 4.78 is 2.67.